The minimum absolute atomic E-state index is 0.138. The fourth-order valence-corrected chi connectivity index (χ4v) is 2.42. The van der Waals surface area contributed by atoms with Crippen LogP contribution in [0.15, 0.2) is 12.3 Å². The molecule has 4 nitrogen and oxygen atoms in total. The van der Waals surface area contributed by atoms with Crippen molar-refractivity contribution < 1.29 is 4.92 Å². The van der Waals surface area contributed by atoms with Crippen molar-refractivity contribution >= 4 is 38.8 Å². The van der Waals surface area contributed by atoms with Crippen LogP contribution in [0.4, 0.5) is 5.69 Å². The molecule has 72 valence electrons. The molecule has 0 bridgehead atoms. The van der Waals surface area contributed by atoms with Crippen LogP contribution in [-0.2, 0) is 0 Å². The Balaban J connectivity index is 2.80. The fraction of sp³-hybridized carbons (Fsp3) is 0.125. The number of thiophene rings is 1. The molecule has 6 heteroatoms. The lowest BCUT2D eigenvalue weighted by molar-refractivity contribution is -0.384. The molecule has 0 aliphatic carbocycles. The molecule has 0 unspecified atom stereocenters. The van der Waals surface area contributed by atoms with Crippen molar-refractivity contribution in [2.45, 2.75) is 6.92 Å². The molecular weight excluding hydrogens is 224 g/mol. The van der Waals surface area contributed by atoms with E-state index < -0.39 is 4.92 Å². The van der Waals surface area contributed by atoms with Crippen molar-refractivity contribution in [3.05, 3.63) is 32.3 Å². The summed E-state index contributed by atoms with van der Waals surface area (Å²) in [6.07, 6.45) is 1.19. The maximum atomic E-state index is 10.6. The Kier molecular flexibility index (Phi) is 2.13. The topological polar surface area (TPSA) is 56.0 Å². The summed E-state index contributed by atoms with van der Waals surface area (Å²) in [5.41, 5.74) is 0.573. The van der Waals surface area contributed by atoms with Gasteiger partial charge in [-0.3, -0.25) is 10.1 Å². The lowest BCUT2D eigenvalue weighted by Gasteiger charge is -1.94. The molecule has 0 aliphatic rings. The summed E-state index contributed by atoms with van der Waals surface area (Å²) in [7, 11) is 0. The molecule has 0 atom stereocenters. The predicted molar refractivity (Wildman–Crippen MR) is 56.0 cm³/mol. The van der Waals surface area contributed by atoms with Crippen molar-refractivity contribution in [3.8, 4) is 0 Å². The van der Waals surface area contributed by atoms with Crippen LogP contribution in [0.2, 0.25) is 5.02 Å². The molecule has 2 aromatic heterocycles. The first-order valence-corrected chi connectivity index (χ1v) is 4.98. The molecule has 0 fully saturated rings. The van der Waals surface area contributed by atoms with Crippen molar-refractivity contribution in [1.29, 1.82) is 0 Å². The molecule has 2 heterocycles. The first-order valence-electron chi connectivity index (χ1n) is 3.78. The predicted octanol–water partition coefficient (Wildman–Crippen LogP) is 3.17. The monoisotopic (exact) mass is 228 g/mol. The molecule has 2 rings (SSSR count). The maximum absolute atomic E-state index is 10.6. The highest BCUT2D eigenvalue weighted by atomic mass is 35.5. The van der Waals surface area contributed by atoms with Gasteiger partial charge >= 0.3 is 5.69 Å². The largest absolute Gasteiger partial charge is 0.307 e. The third kappa shape index (κ3) is 1.34. The average Bonchev–Trinajstić information content (AvgIpc) is 2.46. The molecule has 0 saturated heterocycles. The van der Waals surface area contributed by atoms with Gasteiger partial charge in [0.15, 0.2) is 0 Å². The number of fused-ring (bicyclic) bond motifs is 1. The summed E-state index contributed by atoms with van der Waals surface area (Å²) in [5.74, 6) is 0. The summed E-state index contributed by atoms with van der Waals surface area (Å²) in [4.78, 5) is 15.0. The molecular formula is C8H5ClN2O2S. The summed E-state index contributed by atoms with van der Waals surface area (Å²) in [6.45, 7) is 1.91. The zero-order valence-electron chi connectivity index (χ0n) is 7.15. The standard InChI is InChI=1S/C8H5ClN2O2S/c1-4-2-5-8(14-4)7(9)6(3-10-5)11(12)13/h2-3H,1H3. The molecule has 0 N–H and O–H groups in total. The van der Waals surface area contributed by atoms with Crippen molar-refractivity contribution in [3.63, 3.8) is 0 Å². The zero-order chi connectivity index (χ0) is 10.3. The van der Waals surface area contributed by atoms with Gasteiger partial charge < -0.3 is 0 Å². The van der Waals surface area contributed by atoms with E-state index in [0.29, 0.717) is 10.2 Å². The van der Waals surface area contributed by atoms with Gasteiger partial charge in [-0.15, -0.1) is 11.3 Å². The highest BCUT2D eigenvalue weighted by molar-refractivity contribution is 7.19. The number of nitro groups is 1. The molecule has 14 heavy (non-hydrogen) atoms. The molecule has 0 saturated carbocycles. The molecule has 0 spiro atoms. The van der Waals surface area contributed by atoms with Gasteiger partial charge in [0.1, 0.15) is 11.2 Å². The van der Waals surface area contributed by atoms with E-state index in [1.54, 1.807) is 0 Å². The Bertz CT molecular complexity index is 523. The second-order valence-electron chi connectivity index (χ2n) is 2.79. The summed E-state index contributed by atoms with van der Waals surface area (Å²) in [5, 5.41) is 10.7. The van der Waals surface area contributed by atoms with E-state index in [9.17, 15) is 10.1 Å². The number of halogens is 1. The van der Waals surface area contributed by atoms with Gasteiger partial charge in [-0.2, -0.15) is 0 Å². The first-order chi connectivity index (χ1) is 6.59. The average molecular weight is 229 g/mol. The van der Waals surface area contributed by atoms with E-state index in [4.69, 9.17) is 11.6 Å². The van der Waals surface area contributed by atoms with Crippen LogP contribution in [0.25, 0.3) is 10.2 Å². The van der Waals surface area contributed by atoms with Crippen molar-refractivity contribution in [1.82, 2.24) is 4.98 Å². The van der Waals surface area contributed by atoms with Crippen LogP contribution in [-0.4, -0.2) is 9.91 Å². The van der Waals surface area contributed by atoms with Gasteiger partial charge in [-0.05, 0) is 13.0 Å². The van der Waals surface area contributed by atoms with E-state index in [2.05, 4.69) is 4.98 Å². The maximum Gasteiger partial charge on any atom is 0.307 e. The van der Waals surface area contributed by atoms with Crippen molar-refractivity contribution in [2.75, 3.05) is 0 Å². The molecule has 0 radical (unpaired) electrons. The van der Waals surface area contributed by atoms with Crippen LogP contribution in [0.5, 0.6) is 0 Å². The van der Waals surface area contributed by atoms with Gasteiger partial charge in [0.2, 0.25) is 0 Å². The number of rotatable bonds is 1. The van der Waals surface area contributed by atoms with E-state index in [1.165, 1.54) is 17.5 Å². The molecule has 0 aliphatic heterocycles. The molecule has 0 amide bonds. The highest BCUT2D eigenvalue weighted by Crippen LogP contribution is 2.35. The van der Waals surface area contributed by atoms with Gasteiger partial charge in [-0.1, -0.05) is 11.6 Å². The Morgan fingerprint density at radius 2 is 2.36 bits per heavy atom. The van der Waals surface area contributed by atoms with Crippen LogP contribution in [0, 0.1) is 17.0 Å². The van der Waals surface area contributed by atoms with Crippen molar-refractivity contribution in [2.24, 2.45) is 0 Å². The van der Waals surface area contributed by atoms with E-state index in [0.717, 1.165) is 4.88 Å². The number of nitrogens with zero attached hydrogens (tertiary/aromatic N) is 2. The van der Waals surface area contributed by atoms with Gasteiger partial charge in [0, 0.05) is 4.88 Å². The van der Waals surface area contributed by atoms with E-state index in [-0.39, 0.29) is 10.7 Å². The second kappa shape index (κ2) is 3.18. The lowest BCUT2D eigenvalue weighted by atomic mass is 10.3. The van der Waals surface area contributed by atoms with E-state index in [1.807, 2.05) is 13.0 Å². The summed E-state index contributed by atoms with van der Waals surface area (Å²) >= 11 is 7.29. The Morgan fingerprint density at radius 1 is 1.64 bits per heavy atom. The Morgan fingerprint density at radius 3 is 3.00 bits per heavy atom. The quantitative estimate of drug-likeness (QED) is 0.556. The minimum atomic E-state index is -0.524. The smallest absolute Gasteiger partial charge is 0.258 e. The van der Waals surface area contributed by atoms with E-state index >= 15 is 0 Å². The van der Waals surface area contributed by atoms with Gasteiger partial charge in [0.25, 0.3) is 0 Å². The Hall–Kier alpha value is -1.20. The SMILES string of the molecule is Cc1cc2ncc([N+](=O)[O-])c(Cl)c2s1. The van der Waals surface area contributed by atoms with Crippen LogP contribution in [0.1, 0.15) is 4.88 Å². The Labute approximate surface area is 88.3 Å². The molecule has 0 aromatic carbocycles. The normalized spacial score (nSPS) is 10.7. The number of pyridine rings is 1. The summed E-state index contributed by atoms with van der Waals surface area (Å²) < 4.78 is 0.679. The van der Waals surface area contributed by atoms with Crippen LogP contribution in [0.3, 0.4) is 0 Å². The number of hydrogen-bond donors (Lipinski definition) is 0. The highest BCUT2D eigenvalue weighted by Gasteiger charge is 2.17. The fourth-order valence-electron chi connectivity index (χ4n) is 1.18. The third-order valence-electron chi connectivity index (χ3n) is 1.78. The summed E-state index contributed by atoms with van der Waals surface area (Å²) in [6, 6.07) is 1.86. The van der Waals surface area contributed by atoms with Gasteiger partial charge in [0.05, 0.1) is 15.1 Å². The van der Waals surface area contributed by atoms with Crippen LogP contribution >= 0.6 is 22.9 Å². The number of aryl methyl sites for hydroxylation is 1. The first kappa shape index (κ1) is 9.36. The van der Waals surface area contributed by atoms with Crippen LogP contribution < -0.4 is 0 Å². The second-order valence-corrected chi connectivity index (χ2v) is 4.42. The number of aromatic nitrogens is 1. The lowest BCUT2D eigenvalue weighted by Crippen LogP contribution is -1.89. The third-order valence-corrected chi connectivity index (χ3v) is 3.33. The zero-order valence-corrected chi connectivity index (χ0v) is 8.72. The van der Waals surface area contributed by atoms with Gasteiger partial charge in [-0.25, -0.2) is 4.98 Å². The number of hydrogen-bond acceptors (Lipinski definition) is 4. The minimum Gasteiger partial charge on any atom is -0.258 e. The molecule has 2 aromatic rings.